The zero-order valence-electron chi connectivity index (χ0n) is 7.23. The number of rotatable bonds is 1. The minimum Gasteiger partial charge on any atom is -0.306 e. The second kappa shape index (κ2) is 3.49. The molecule has 0 aromatic carbocycles. The maximum absolute atomic E-state index is 4.11. The number of hydrogen-bond acceptors (Lipinski definition) is 4. The Morgan fingerprint density at radius 3 is 2.83 bits per heavy atom. The number of hydrogen-bond donors (Lipinski definition) is 0. The molecule has 0 atom stereocenters. The third-order valence-electron chi connectivity index (χ3n) is 2.44. The van der Waals surface area contributed by atoms with Crippen molar-refractivity contribution in [3.8, 4) is 0 Å². The van der Waals surface area contributed by atoms with E-state index in [1.807, 2.05) is 5.51 Å². The van der Waals surface area contributed by atoms with Gasteiger partial charge in [0, 0.05) is 5.92 Å². The van der Waals surface area contributed by atoms with Gasteiger partial charge in [-0.25, -0.2) is 0 Å². The molecule has 2 heterocycles. The first-order valence-electron chi connectivity index (χ1n) is 4.31. The van der Waals surface area contributed by atoms with Crippen molar-refractivity contribution in [1.82, 2.24) is 15.1 Å². The average Bonchev–Trinajstić information content (AvgIpc) is 2.58. The summed E-state index contributed by atoms with van der Waals surface area (Å²) in [5, 5.41) is 9.21. The predicted molar refractivity (Wildman–Crippen MR) is 49.4 cm³/mol. The molecule has 0 aliphatic carbocycles. The van der Waals surface area contributed by atoms with Gasteiger partial charge in [-0.1, -0.05) is 0 Å². The van der Waals surface area contributed by atoms with Gasteiger partial charge in [0.1, 0.15) is 10.5 Å². The van der Waals surface area contributed by atoms with E-state index in [0.717, 1.165) is 0 Å². The Kier molecular flexibility index (Phi) is 2.37. The van der Waals surface area contributed by atoms with Gasteiger partial charge in [0.05, 0.1) is 0 Å². The van der Waals surface area contributed by atoms with Crippen molar-refractivity contribution < 1.29 is 0 Å². The van der Waals surface area contributed by atoms with Crippen LogP contribution in [0.3, 0.4) is 0 Å². The summed E-state index contributed by atoms with van der Waals surface area (Å²) >= 11 is 1.69. The van der Waals surface area contributed by atoms with Crippen LogP contribution in [0.5, 0.6) is 0 Å². The van der Waals surface area contributed by atoms with Crippen LogP contribution in [0.1, 0.15) is 23.8 Å². The highest BCUT2D eigenvalue weighted by Crippen LogP contribution is 2.27. The second-order valence-corrected chi connectivity index (χ2v) is 4.22. The van der Waals surface area contributed by atoms with E-state index < -0.39 is 0 Å². The molecule has 1 aromatic rings. The molecule has 1 aromatic heterocycles. The van der Waals surface area contributed by atoms with Crippen molar-refractivity contribution in [1.29, 1.82) is 0 Å². The molecule has 1 saturated heterocycles. The molecular formula is C8H13N3S. The van der Waals surface area contributed by atoms with E-state index in [4.69, 9.17) is 0 Å². The lowest BCUT2D eigenvalue weighted by Gasteiger charge is -2.27. The Bertz CT molecular complexity index is 226. The van der Waals surface area contributed by atoms with Crippen molar-refractivity contribution in [2.24, 2.45) is 0 Å². The van der Waals surface area contributed by atoms with E-state index in [0.29, 0.717) is 5.92 Å². The van der Waals surface area contributed by atoms with E-state index in [2.05, 4.69) is 22.1 Å². The molecule has 1 fully saturated rings. The molecule has 4 heteroatoms. The largest absolute Gasteiger partial charge is 0.306 e. The summed E-state index contributed by atoms with van der Waals surface area (Å²) in [6.45, 7) is 2.40. The smallest absolute Gasteiger partial charge is 0.120 e. The Balaban J connectivity index is 1.99. The van der Waals surface area contributed by atoms with Crippen molar-refractivity contribution in [3.63, 3.8) is 0 Å². The SMILES string of the molecule is CN1CCC(c2nncs2)CC1. The fourth-order valence-corrected chi connectivity index (χ4v) is 2.34. The van der Waals surface area contributed by atoms with Crippen molar-refractivity contribution in [3.05, 3.63) is 10.5 Å². The van der Waals surface area contributed by atoms with Gasteiger partial charge in [-0.2, -0.15) is 0 Å². The van der Waals surface area contributed by atoms with Crippen molar-refractivity contribution in [2.75, 3.05) is 20.1 Å². The van der Waals surface area contributed by atoms with Crippen LogP contribution in [0.15, 0.2) is 5.51 Å². The number of aromatic nitrogens is 2. The summed E-state index contributed by atoms with van der Waals surface area (Å²) in [5.41, 5.74) is 1.83. The predicted octanol–water partition coefficient (Wildman–Crippen LogP) is 1.35. The summed E-state index contributed by atoms with van der Waals surface area (Å²) in [6, 6.07) is 0. The fraction of sp³-hybridized carbons (Fsp3) is 0.750. The normalized spacial score (nSPS) is 21.4. The monoisotopic (exact) mass is 183 g/mol. The molecule has 0 spiro atoms. The first-order valence-corrected chi connectivity index (χ1v) is 5.19. The molecule has 0 N–H and O–H groups in total. The highest BCUT2D eigenvalue weighted by atomic mass is 32.1. The van der Waals surface area contributed by atoms with E-state index in [1.165, 1.54) is 30.9 Å². The first-order chi connectivity index (χ1) is 5.86. The van der Waals surface area contributed by atoms with Crippen LogP contribution in [0, 0.1) is 0 Å². The van der Waals surface area contributed by atoms with Crippen LogP contribution in [-0.2, 0) is 0 Å². The summed E-state index contributed by atoms with van der Waals surface area (Å²) in [5.74, 6) is 0.675. The lowest BCUT2D eigenvalue weighted by Crippen LogP contribution is -2.29. The molecular weight excluding hydrogens is 170 g/mol. The Hall–Kier alpha value is -0.480. The number of piperidine rings is 1. The van der Waals surface area contributed by atoms with Gasteiger partial charge in [-0.3, -0.25) is 0 Å². The Morgan fingerprint density at radius 1 is 1.50 bits per heavy atom. The fourth-order valence-electron chi connectivity index (χ4n) is 1.62. The van der Waals surface area contributed by atoms with Gasteiger partial charge in [0.25, 0.3) is 0 Å². The molecule has 0 bridgehead atoms. The molecule has 0 saturated carbocycles. The van der Waals surface area contributed by atoms with E-state index in [9.17, 15) is 0 Å². The van der Waals surface area contributed by atoms with Crippen LogP contribution in [0.25, 0.3) is 0 Å². The zero-order chi connectivity index (χ0) is 8.39. The summed E-state index contributed by atoms with van der Waals surface area (Å²) in [6.07, 6.45) is 2.48. The van der Waals surface area contributed by atoms with Crippen LogP contribution < -0.4 is 0 Å². The highest BCUT2D eigenvalue weighted by Gasteiger charge is 2.20. The highest BCUT2D eigenvalue weighted by molar-refractivity contribution is 7.09. The van der Waals surface area contributed by atoms with Crippen LogP contribution in [0.2, 0.25) is 0 Å². The zero-order valence-corrected chi connectivity index (χ0v) is 8.05. The number of likely N-dealkylation sites (tertiary alicyclic amines) is 1. The summed E-state index contributed by atoms with van der Waals surface area (Å²) in [7, 11) is 2.18. The molecule has 0 unspecified atom stereocenters. The molecule has 66 valence electrons. The lowest BCUT2D eigenvalue weighted by molar-refractivity contribution is 0.255. The van der Waals surface area contributed by atoms with Crippen molar-refractivity contribution in [2.45, 2.75) is 18.8 Å². The van der Waals surface area contributed by atoms with E-state index in [-0.39, 0.29) is 0 Å². The van der Waals surface area contributed by atoms with Gasteiger partial charge >= 0.3 is 0 Å². The number of nitrogens with zero attached hydrogens (tertiary/aromatic N) is 3. The van der Waals surface area contributed by atoms with Gasteiger partial charge in [0.15, 0.2) is 0 Å². The van der Waals surface area contributed by atoms with Gasteiger partial charge in [-0.15, -0.1) is 21.5 Å². The minimum absolute atomic E-state index is 0.675. The third kappa shape index (κ3) is 1.64. The molecule has 0 amide bonds. The van der Waals surface area contributed by atoms with E-state index >= 15 is 0 Å². The molecule has 0 radical (unpaired) electrons. The van der Waals surface area contributed by atoms with Crippen molar-refractivity contribution >= 4 is 11.3 Å². The standard InChI is InChI=1S/C8H13N3S/c1-11-4-2-7(3-5-11)8-10-9-6-12-8/h6-7H,2-5H2,1H3. The van der Waals surface area contributed by atoms with Gasteiger partial charge in [0.2, 0.25) is 0 Å². The Morgan fingerprint density at radius 2 is 2.25 bits per heavy atom. The maximum atomic E-state index is 4.11. The average molecular weight is 183 g/mol. The van der Waals surface area contributed by atoms with Crippen LogP contribution >= 0.6 is 11.3 Å². The van der Waals surface area contributed by atoms with Gasteiger partial charge in [-0.05, 0) is 33.0 Å². The Labute approximate surface area is 76.4 Å². The van der Waals surface area contributed by atoms with Crippen LogP contribution in [0.4, 0.5) is 0 Å². The second-order valence-electron chi connectivity index (χ2n) is 3.35. The molecule has 1 aliphatic rings. The quantitative estimate of drug-likeness (QED) is 0.658. The first kappa shape index (κ1) is 8.13. The molecule has 2 rings (SSSR count). The molecule has 1 aliphatic heterocycles. The topological polar surface area (TPSA) is 29.0 Å². The summed E-state index contributed by atoms with van der Waals surface area (Å²) in [4.78, 5) is 2.37. The molecule has 3 nitrogen and oxygen atoms in total. The lowest BCUT2D eigenvalue weighted by atomic mass is 9.98. The van der Waals surface area contributed by atoms with Gasteiger partial charge < -0.3 is 4.90 Å². The maximum Gasteiger partial charge on any atom is 0.120 e. The van der Waals surface area contributed by atoms with E-state index in [1.54, 1.807) is 11.3 Å². The third-order valence-corrected chi connectivity index (χ3v) is 3.30. The summed E-state index contributed by atoms with van der Waals surface area (Å²) < 4.78 is 0. The van der Waals surface area contributed by atoms with Crippen LogP contribution in [-0.4, -0.2) is 35.2 Å². The molecule has 12 heavy (non-hydrogen) atoms. The minimum atomic E-state index is 0.675.